The van der Waals surface area contributed by atoms with Crippen LogP contribution in [0, 0.1) is 0 Å². The zero-order valence-corrected chi connectivity index (χ0v) is 16.8. The van der Waals surface area contributed by atoms with Crippen molar-refractivity contribution in [3.63, 3.8) is 0 Å². The predicted octanol–water partition coefficient (Wildman–Crippen LogP) is 3.57. The fourth-order valence-corrected chi connectivity index (χ4v) is 3.54. The normalized spacial score (nSPS) is 14.0. The monoisotopic (exact) mass is 375 g/mol. The number of hydrogen-bond acceptors (Lipinski definition) is 3. The molecule has 0 bridgehead atoms. The van der Waals surface area contributed by atoms with Crippen LogP contribution in [0.2, 0.25) is 0 Å². The van der Waals surface area contributed by atoms with Gasteiger partial charge in [0.2, 0.25) is 0 Å². The molecule has 2 atom stereocenters. The smallest absolute Gasteiger partial charge is 0.118 e. The van der Waals surface area contributed by atoms with E-state index >= 15 is 0 Å². The minimum atomic E-state index is -1.19. The van der Waals surface area contributed by atoms with Crippen molar-refractivity contribution in [2.45, 2.75) is 44.4 Å². The first kappa shape index (κ1) is 20.6. The van der Waals surface area contributed by atoms with E-state index < -0.39 is 11.0 Å². The molecule has 2 aromatic rings. The quantitative estimate of drug-likeness (QED) is 0.742. The molecule has 0 saturated heterocycles. The van der Waals surface area contributed by atoms with Crippen LogP contribution in [0.4, 0.5) is 0 Å². The highest BCUT2D eigenvalue weighted by atomic mass is 32.2. The van der Waals surface area contributed by atoms with Crippen LogP contribution in [0.5, 0.6) is 5.75 Å². The Morgan fingerprint density at radius 1 is 1.08 bits per heavy atom. The first-order chi connectivity index (χ1) is 12.3. The maximum absolute atomic E-state index is 12.7. The molecule has 0 aliphatic carbocycles. The molecular formula is C21H29NO3S. The van der Waals surface area contributed by atoms with E-state index in [4.69, 9.17) is 4.74 Å². The van der Waals surface area contributed by atoms with Gasteiger partial charge in [0, 0.05) is 12.6 Å². The predicted molar refractivity (Wildman–Crippen MR) is 108 cm³/mol. The maximum atomic E-state index is 12.7. The number of rotatable bonds is 8. The highest BCUT2D eigenvalue weighted by molar-refractivity contribution is 7.84. The summed E-state index contributed by atoms with van der Waals surface area (Å²) >= 11 is 0. The van der Waals surface area contributed by atoms with Gasteiger partial charge in [-0.05, 0) is 62.4 Å². The zero-order valence-electron chi connectivity index (χ0n) is 16.0. The van der Waals surface area contributed by atoms with E-state index in [1.54, 1.807) is 7.11 Å². The van der Waals surface area contributed by atoms with Crippen LogP contribution in [-0.4, -0.2) is 27.8 Å². The molecule has 0 aliphatic rings. The second kappa shape index (κ2) is 9.31. The number of nitrogens with one attached hydrogen (secondary N) is 1. The van der Waals surface area contributed by atoms with Crippen LogP contribution in [0.1, 0.15) is 43.5 Å². The number of aliphatic hydroxyl groups excluding tert-OH is 1. The van der Waals surface area contributed by atoms with E-state index in [1.807, 2.05) is 63.2 Å². The Balaban J connectivity index is 2.32. The Morgan fingerprint density at radius 2 is 1.69 bits per heavy atom. The van der Waals surface area contributed by atoms with Crippen molar-refractivity contribution in [1.29, 1.82) is 0 Å². The van der Waals surface area contributed by atoms with Crippen molar-refractivity contribution in [2.24, 2.45) is 0 Å². The number of methoxy groups -OCH3 is 1. The molecule has 142 valence electrons. The van der Waals surface area contributed by atoms with E-state index in [2.05, 4.69) is 10.8 Å². The lowest BCUT2D eigenvalue weighted by molar-refractivity contribution is 0.299. The topological polar surface area (TPSA) is 58.6 Å². The van der Waals surface area contributed by atoms with E-state index in [0.29, 0.717) is 12.8 Å². The molecule has 2 rings (SSSR count). The van der Waals surface area contributed by atoms with Gasteiger partial charge in [-0.1, -0.05) is 36.4 Å². The SMILES string of the molecule is COc1ccc([C@@H](Cc2ccccc2CCO)NS(=O)C(C)(C)C)cc1. The Hall–Kier alpha value is -1.69. The molecule has 0 heterocycles. The second-order valence-corrected chi connectivity index (χ2v) is 9.27. The molecule has 0 saturated carbocycles. The Labute approximate surface area is 159 Å². The van der Waals surface area contributed by atoms with Gasteiger partial charge in [0.05, 0.1) is 22.8 Å². The number of ether oxygens (including phenoxy) is 1. The zero-order chi connectivity index (χ0) is 19.2. The van der Waals surface area contributed by atoms with Crippen molar-refractivity contribution in [1.82, 2.24) is 4.72 Å². The molecule has 0 spiro atoms. The summed E-state index contributed by atoms with van der Waals surface area (Å²) in [7, 11) is 0.454. The Morgan fingerprint density at radius 3 is 2.23 bits per heavy atom. The van der Waals surface area contributed by atoms with Crippen molar-refractivity contribution in [3.05, 3.63) is 65.2 Å². The van der Waals surface area contributed by atoms with Crippen LogP contribution < -0.4 is 9.46 Å². The molecular weight excluding hydrogens is 346 g/mol. The first-order valence-corrected chi connectivity index (χ1v) is 9.99. The van der Waals surface area contributed by atoms with Crippen LogP contribution >= 0.6 is 0 Å². The Bertz CT molecular complexity index is 723. The van der Waals surface area contributed by atoms with E-state index in [0.717, 1.165) is 22.4 Å². The summed E-state index contributed by atoms with van der Waals surface area (Å²) in [4.78, 5) is 0. The van der Waals surface area contributed by atoms with Gasteiger partial charge in [0.15, 0.2) is 0 Å². The summed E-state index contributed by atoms with van der Waals surface area (Å²) in [5, 5.41) is 9.33. The standard InChI is InChI=1S/C21H29NO3S/c1-21(2,3)26(24)22-20(17-9-11-19(25-4)12-10-17)15-18-8-6-5-7-16(18)13-14-23/h5-12,20,22-23H,13-15H2,1-4H3/t20-,26?/m1/s1. The van der Waals surface area contributed by atoms with Gasteiger partial charge in [-0.3, -0.25) is 0 Å². The molecule has 0 aromatic heterocycles. The summed E-state index contributed by atoms with van der Waals surface area (Å²) in [6.07, 6.45) is 1.32. The highest BCUT2D eigenvalue weighted by Crippen LogP contribution is 2.25. The molecule has 1 unspecified atom stereocenters. The third-order valence-corrected chi connectivity index (χ3v) is 5.86. The molecule has 26 heavy (non-hydrogen) atoms. The lowest BCUT2D eigenvalue weighted by Gasteiger charge is -2.25. The van der Waals surface area contributed by atoms with Crippen molar-refractivity contribution >= 4 is 11.0 Å². The van der Waals surface area contributed by atoms with Gasteiger partial charge < -0.3 is 9.84 Å². The van der Waals surface area contributed by atoms with Gasteiger partial charge >= 0.3 is 0 Å². The van der Waals surface area contributed by atoms with Crippen LogP contribution in [0.25, 0.3) is 0 Å². The molecule has 0 fully saturated rings. The number of aliphatic hydroxyl groups is 1. The molecule has 2 aromatic carbocycles. The lowest BCUT2D eigenvalue weighted by atomic mass is 9.95. The molecule has 0 amide bonds. The second-order valence-electron chi connectivity index (χ2n) is 7.27. The van der Waals surface area contributed by atoms with Crippen molar-refractivity contribution < 1.29 is 14.1 Å². The average Bonchev–Trinajstić information content (AvgIpc) is 2.62. The van der Waals surface area contributed by atoms with Gasteiger partial charge in [0.1, 0.15) is 5.75 Å². The van der Waals surface area contributed by atoms with Gasteiger partial charge in [-0.15, -0.1) is 0 Å². The summed E-state index contributed by atoms with van der Waals surface area (Å²) in [6.45, 7) is 5.99. The first-order valence-electron chi connectivity index (χ1n) is 8.84. The van der Waals surface area contributed by atoms with Gasteiger partial charge in [-0.25, -0.2) is 8.93 Å². The molecule has 5 heteroatoms. The van der Waals surface area contributed by atoms with Gasteiger partial charge in [-0.2, -0.15) is 0 Å². The minimum absolute atomic E-state index is 0.0965. The van der Waals surface area contributed by atoms with Crippen LogP contribution in [-0.2, 0) is 23.8 Å². The van der Waals surface area contributed by atoms with Gasteiger partial charge in [0.25, 0.3) is 0 Å². The summed E-state index contributed by atoms with van der Waals surface area (Å²) in [5.41, 5.74) is 3.33. The van der Waals surface area contributed by atoms with E-state index in [1.165, 1.54) is 0 Å². The maximum Gasteiger partial charge on any atom is 0.118 e. The minimum Gasteiger partial charge on any atom is -0.497 e. The lowest BCUT2D eigenvalue weighted by Crippen LogP contribution is -2.36. The average molecular weight is 376 g/mol. The highest BCUT2D eigenvalue weighted by Gasteiger charge is 2.24. The molecule has 4 nitrogen and oxygen atoms in total. The van der Waals surface area contributed by atoms with E-state index in [9.17, 15) is 9.32 Å². The molecule has 0 radical (unpaired) electrons. The summed E-state index contributed by atoms with van der Waals surface area (Å²) in [6, 6.07) is 15.9. The third-order valence-electron chi connectivity index (χ3n) is 4.25. The Kier molecular flexibility index (Phi) is 7.38. The summed E-state index contributed by atoms with van der Waals surface area (Å²) in [5.74, 6) is 0.796. The molecule has 0 aliphatic heterocycles. The van der Waals surface area contributed by atoms with Crippen molar-refractivity contribution in [2.75, 3.05) is 13.7 Å². The largest absolute Gasteiger partial charge is 0.497 e. The third kappa shape index (κ3) is 5.66. The molecule has 2 N–H and O–H groups in total. The fraction of sp³-hybridized carbons (Fsp3) is 0.429. The van der Waals surface area contributed by atoms with Crippen LogP contribution in [0.3, 0.4) is 0 Å². The summed E-state index contributed by atoms with van der Waals surface area (Å²) < 4.78 is 20.9. The number of benzene rings is 2. The number of hydrogen-bond donors (Lipinski definition) is 2. The van der Waals surface area contributed by atoms with E-state index in [-0.39, 0.29) is 17.4 Å². The fourth-order valence-electron chi connectivity index (χ4n) is 2.71. The van der Waals surface area contributed by atoms with Crippen LogP contribution in [0.15, 0.2) is 48.5 Å². The van der Waals surface area contributed by atoms with Crippen molar-refractivity contribution in [3.8, 4) is 5.75 Å².